The molecular formula is C10H13O2P. The summed E-state index contributed by atoms with van der Waals surface area (Å²) in [7, 11) is -2.23. The van der Waals surface area contributed by atoms with Gasteiger partial charge in [-0.25, -0.2) is 0 Å². The fraction of sp³-hybridized carbons (Fsp3) is 0.400. The van der Waals surface area contributed by atoms with Crippen LogP contribution in [-0.4, -0.2) is 23.5 Å². The lowest BCUT2D eigenvalue weighted by Crippen LogP contribution is -2.08. The van der Waals surface area contributed by atoms with E-state index in [0.717, 1.165) is 5.30 Å². The lowest BCUT2D eigenvalue weighted by Gasteiger charge is -2.10. The number of rotatable bonds is 1. The van der Waals surface area contributed by atoms with Crippen molar-refractivity contribution in [2.75, 3.05) is 12.3 Å². The highest BCUT2D eigenvalue weighted by Gasteiger charge is 2.34. The van der Waals surface area contributed by atoms with Crippen molar-refractivity contribution >= 4 is 12.4 Å². The summed E-state index contributed by atoms with van der Waals surface area (Å²) in [5.74, 6) is 0. The van der Waals surface area contributed by atoms with Crippen molar-refractivity contribution in [1.82, 2.24) is 0 Å². The summed E-state index contributed by atoms with van der Waals surface area (Å²) in [5.41, 5.74) is 0. The molecule has 70 valence electrons. The second-order valence-corrected chi connectivity index (χ2v) is 6.68. The maximum absolute atomic E-state index is 12.3. The van der Waals surface area contributed by atoms with Crippen LogP contribution in [0.1, 0.15) is 6.42 Å². The molecule has 0 spiro atoms. The molecule has 2 atom stereocenters. The van der Waals surface area contributed by atoms with Gasteiger partial charge < -0.3 is 9.67 Å². The third-order valence-electron chi connectivity index (χ3n) is 2.56. The van der Waals surface area contributed by atoms with Crippen LogP contribution in [0.15, 0.2) is 30.3 Å². The molecular weight excluding hydrogens is 183 g/mol. The Balaban J connectivity index is 2.32. The summed E-state index contributed by atoms with van der Waals surface area (Å²) in [6.45, 7) is 0. The highest BCUT2D eigenvalue weighted by molar-refractivity contribution is 7.71. The number of aliphatic hydroxyl groups excluding tert-OH is 1. The number of hydrogen-bond acceptors (Lipinski definition) is 2. The van der Waals surface area contributed by atoms with Crippen molar-refractivity contribution < 1.29 is 9.67 Å². The molecule has 0 radical (unpaired) electrons. The van der Waals surface area contributed by atoms with E-state index in [-0.39, 0.29) is 6.10 Å². The Morgan fingerprint density at radius 2 is 2.00 bits per heavy atom. The zero-order chi connectivity index (χ0) is 9.31. The van der Waals surface area contributed by atoms with E-state index in [0.29, 0.717) is 18.7 Å². The number of hydrogen-bond donors (Lipinski definition) is 1. The molecule has 1 aliphatic heterocycles. The van der Waals surface area contributed by atoms with Gasteiger partial charge in [0, 0.05) is 17.6 Å². The Bertz CT molecular complexity index is 334. The summed E-state index contributed by atoms with van der Waals surface area (Å²) in [6.07, 6.45) is 1.47. The van der Waals surface area contributed by atoms with Gasteiger partial charge in [0.15, 0.2) is 0 Å². The average Bonchev–Trinajstić information content (AvgIpc) is 2.49. The number of benzene rings is 1. The Labute approximate surface area is 78.0 Å². The van der Waals surface area contributed by atoms with E-state index in [1.165, 1.54) is 0 Å². The van der Waals surface area contributed by atoms with Gasteiger partial charge in [-0.05, 0) is 6.42 Å². The minimum atomic E-state index is -2.23. The standard InChI is InChI=1S/C10H13O2P/c11-9-6-7-13(12,8-9)10-4-2-1-3-5-10/h1-5,9,11H,6-8H2/t9-,13-/m0/s1. The topological polar surface area (TPSA) is 37.3 Å². The van der Waals surface area contributed by atoms with Crippen LogP contribution in [0.3, 0.4) is 0 Å². The van der Waals surface area contributed by atoms with Gasteiger partial charge >= 0.3 is 0 Å². The van der Waals surface area contributed by atoms with E-state index < -0.39 is 7.14 Å². The average molecular weight is 196 g/mol. The van der Waals surface area contributed by atoms with Crippen molar-refractivity contribution in [2.24, 2.45) is 0 Å². The molecule has 2 rings (SSSR count). The zero-order valence-electron chi connectivity index (χ0n) is 7.39. The third kappa shape index (κ3) is 1.70. The molecule has 0 aliphatic carbocycles. The fourth-order valence-corrected chi connectivity index (χ4v) is 4.76. The second kappa shape index (κ2) is 3.28. The van der Waals surface area contributed by atoms with E-state index >= 15 is 0 Å². The van der Waals surface area contributed by atoms with Gasteiger partial charge in [0.1, 0.15) is 7.14 Å². The third-order valence-corrected chi connectivity index (χ3v) is 5.79. The van der Waals surface area contributed by atoms with Crippen LogP contribution < -0.4 is 5.30 Å². The minimum absolute atomic E-state index is 0.356. The van der Waals surface area contributed by atoms with Gasteiger partial charge in [-0.1, -0.05) is 30.3 Å². The predicted molar refractivity (Wildman–Crippen MR) is 54.0 cm³/mol. The molecule has 0 aromatic heterocycles. The first kappa shape index (κ1) is 8.98. The van der Waals surface area contributed by atoms with E-state index in [2.05, 4.69) is 0 Å². The summed E-state index contributed by atoms with van der Waals surface area (Å²) in [5, 5.41) is 10.3. The molecule has 0 saturated carbocycles. The molecule has 1 aromatic rings. The van der Waals surface area contributed by atoms with E-state index in [1.807, 2.05) is 30.3 Å². The van der Waals surface area contributed by atoms with Crippen molar-refractivity contribution in [3.05, 3.63) is 30.3 Å². The molecule has 13 heavy (non-hydrogen) atoms. The maximum atomic E-state index is 12.3. The molecule has 1 N–H and O–H groups in total. The van der Waals surface area contributed by atoms with Crippen molar-refractivity contribution in [2.45, 2.75) is 12.5 Å². The normalized spacial score (nSPS) is 33.5. The molecule has 1 heterocycles. The minimum Gasteiger partial charge on any atom is -0.393 e. The van der Waals surface area contributed by atoms with Gasteiger partial charge in [-0.3, -0.25) is 0 Å². The molecule has 0 bridgehead atoms. The monoisotopic (exact) mass is 196 g/mol. The summed E-state index contributed by atoms with van der Waals surface area (Å²) < 4.78 is 12.3. The molecule has 1 aliphatic rings. The first-order valence-corrected chi connectivity index (χ1v) is 6.60. The molecule has 2 nitrogen and oxygen atoms in total. The quantitative estimate of drug-likeness (QED) is 0.690. The molecule has 1 aromatic carbocycles. The highest BCUT2D eigenvalue weighted by Crippen LogP contribution is 2.50. The van der Waals surface area contributed by atoms with Crippen LogP contribution in [0, 0.1) is 0 Å². The lowest BCUT2D eigenvalue weighted by molar-refractivity contribution is 0.202. The van der Waals surface area contributed by atoms with Gasteiger partial charge in [0.05, 0.1) is 6.10 Å². The lowest BCUT2D eigenvalue weighted by atomic mass is 10.3. The largest absolute Gasteiger partial charge is 0.393 e. The Kier molecular flexibility index (Phi) is 2.27. The van der Waals surface area contributed by atoms with Gasteiger partial charge in [0.2, 0.25) is 0 Å². The molecule has 1 fully saturated rings. The Hall–Kier alpha value is -0.590. The smallest absolute Gasteiger partial charge is 0.118 e. The molecule has 0 unspecified atom stereocenters. The first-order valence-electron chi connectivity index (χ1n) is 4.52. The maximum Gasteiger partial charge on any atom is 0.118 e. The van der Waals surface area contributed by atoms with Crippen LogP contribution in [0.5, 0.6) is 0 Å². The van der Waals surface area contributed by atoms with Gasteiger partial charge in [-0.2, -0.15) is 0 Å². The highest BCUT2D eigenvalue weighted by atomic mass is 31.2. The second-order valence-electron chi connectivity index (χ2n) is 3.57. The number of aliphatic hydroxyl groups is 1. The zero-order valence-corrected chi connectivity index (χ0v) is 8.28. The van der Waals surface area contributed by atoms with Crippen LogP contribution in [-0.2, 0) is 4.57 Å². The molecule has 0 amide bonds. The fourth-order valence-electron chi connectivity index (χ4n) is 1.81. The van der Waals surface area contributed by atoms with Crippen molar-refractivity contribution in [3.63, 3.8) is 0 Å². The Morgan fingerprint density at radius 1 is 1.31 bits per heavy atom. The van der Waals surface area contributed by atoms with E-state index in [1.54, 1.807) is 0 Å². The predicted octanol–water partition coefficient (Wildman–Crippen LogP) is 1.44. The van der Waals surface area contributed by atoms with E-state index in [4.69, 9.17) is 0 Å². The van der Waals surface area contributed by atoms with Crippen molar-refractivity contribution in [3.8, 4) is 0 Å². The summed E-state index contributed by atoms with van der Waals surface area (Å²) in [4.78, 5) is 0. The Morgan fingerprint density at radius 3 is 2.54 bits per heavy atom. The van der Waals surface area contributed by atoms with Crippen molar-refractivity contribution in [1.29, 1.82) is 0 Å². The van der Waals surface area contributed by atoms with E-state index in [9.17, 15) is 9.67 Å². The molecule has 3 heteroatoms. The SMILES string of the molecule is O=[P@@]1(c2ccccc2)CC[C@H](O)C1. The van der Waals surface area contributed by atoms with Gasteiger partial charge in [0.25, 0.3) is 0 Å². The van der Waals surface area contributed by atoms with Crippen LogP contribution >= 0.6 is 7.14 Å². The summed E-state index contributed by atoms with van der Waals surface area (Å²) >= 11 is 0. The van der Waals surface area contributed by atoms with Crippen LogP contribution in [0.2, 0.25) is 0 Å². The van der Waals surface area contributed by atoms with Gasteiger partial charge in [-0.15, -0.1) is 0 Å². The summed E-state index contributed by atoms with van der Waals surface area (Å²) in [6, 6.07) is 9.53. The van der Waals surface area contributed by atoms with Crippen LogP contribution in [0.4, 0.5) is 0 Å². The first-order chi connectivity index (χ1) is 6.21. The van der Waals surface area contributed by atoms with Crippen LogP contribution in [0.25, 0.3) is 0 Å². The molecule has 1 saturated heterocycles.